The summed E-state index contributed by atoms with van der Waals surface area (Å²) in [6.07, 6.45) is 8.46. The number of carbonyl (C=O) groups excluding carboxylic acids is 1. The molecule has 0 spiro atoms. The molecule has 1 saturated heterocycles. The summed E-state index contributed by atoms with van der Waals surface area (Å²) in [5.74, 6) is 2.11. The lowest BCUT2D eigenvalue weighted by Crippen LogP contribution is -2.51. The van der Waals surface area contributed by atoms with Crippen molar-refractivity contribution < 1.29 is 4.79 Å². The number of rotatable bonds is 3. The Bertz CT molecular complexity index is 625. The van der Waals surface area contributed by atoms with Crippen LogP contribution in [-0.4, -0.2) is 40.9 Å². The van der Waals surface area contributed by atoms with Crippen molar-refractivity contribution in [2.45, 2.75) is 77.4 Å². The van der Waals surface area contributed by atoms with Gasteiger partial charge in [-0.25, -0.2) is 0 Å². The van der Waals surface area contributed by atoms with Crippen molar-refractivity contribution in [3.8, 4) is 0 Å². The van der Waals surface area contributed by atoms with Gasteiger partial charge in [0.05, 0.1) is 6.42 Å². The van der Waals surface area contributed by atoms with Crippen LogP contribution in [0.3, 0.4) is 0 Å². The molecule has 0 aromatic heterocycles. The maximum Gasteiger partial charge on any atom is 0.227 e. The highest BCUT2D eigenvalue weighted by molar-refractivity contribution is 5.81. The van der Waals surface area contributed by atoms with E-state index in [4.69, 9.17) is 0 Å². The summed E-state index contributed by atoms with van der Waals surface area (Å²) < 4.78 is 0. The molecule has 3 nitrogen and oxygen atoms in total. The van der Waals surface area contributed by atoms with E-state index < -0.39 is 0 Å². The van der Waals surface area contributed by atoms with Crippen molar-refractivity contribution in [3.63, 3.8) is 0 Å². The number of benzene rings is 1. The molecule has 142 valence electrons. The van der Waals surface area contributed by atoms with E-state index in [9.17, 15) is 4.79 Å². The predicted molar refractivity (Wildman–Crippen MR) is 106 cm³/mol. The van der Waals surface area contributed by atoms with Gasteiger partial charge in [0.1, 0.15) is 0 Å². The van der Waals surface area contributed by atoms with Gasteiger partial charge in [-0.15, -0.1) is 0 Å². The van der Waals surface area contributed by atoms with E-state index in [2.05, 4.69) is 41.8 Å². The topological polar surface area (TPSA) is 23.6 Å². The average Bonchev–Trinajstić information content (AvgIpc) is 2.68. The quantitative estimate of drug-likeness (QED) is 0.810. The highest BCUT2D eigenvalue weighted by Gasteiger charge is 2.34. The SMILES string of the molecule is CC(C)C1CCC(N2CCC(N3Cc4ccccc4CC3=O)CC2)CC1. The Balaban J connectivity index is 1.31. The number of piperidine rings is 1. The Morgan fingerprint density at radius 2 is 1.54 bits per heavy atom. The largest absolute Gasteiger partial charge is 0.335 e. The van der Waals surface area contributed by atoms with Crippen molar-refractivity contribution in [3.05, 3.63) is 35.4 Å². The number of fused-ring (bicyclic) bond motifs is 1. The van der Waals surface area contributed by atoms with E-state index in [1.54, 1.807) is 0 Å². The van der Waals surface area contributed by atoms with E-state index in [0.29, 0.717) is 18.4 Å². The lowest BCUT2D eigenvalue weighted by Gasteiger charge is -2.44. The zero-order valence-corrected chi connectivity index (χ0v) is 16.5. The van der Waals surface area contributed by atoms with Crippen molar-refractivity contribution in [2.24, 2.45) is 11.8 Å². The predicted octanol–water partition coefficient (Wildman–Crippen LogP) is 4.25. The molecule has 1 amide bonds. The Hall–Kier alpha value is -1.35. The number of hydrogen-bond acceptors (Lipinski definition) is 2. The lowest BCUT2D eigenvalue weighted by atomic mass is 9.79. The van der Waals surface area contributed by atoms with Gasteiger partial charge < -0.3 is 9.80 Å². The van der Waals surface area contributed by atoms with Gasteiger partial charge in [-0.1, -0.05) is 38.1 Å². The van der Waals surface area contributed by atoms with Crippen LogP contribution in [0.5, 0.6) is 0 Å². The standard InChI is InChI=1S/C23H34N2O/c1-17(2)18-7-9-21(10-8-18)24-13-11-22(12-14-24)25-16-20-6-4-3-5-19(20)15-23(25)26/h3-6,17-18,21-22H,7-16H2,1-2H3. The molecule has 0 radical (unpaired) electrons. The van der Waals surface area contributed by atoms with Gasteiger partial charge in [0.25, 0.3) is 0 Å². The normalized spacial score (nSPS) is 28.4. The van der Waals surface area contributed by atoms with Gasteiger partial charge in [0.15, 0.2) is 0 Å². The molecular weight excluding hydrogens is 320 g/mol. The van der Waals surface area contributed by atoms with E-state index in [1.165, 1.54) is 49.9 Å². The molecule has 2 aliphatic heterocycles. The summed E-state index contributed by atoms with van der Waals surface area (Å²) in [6.45, 7) is 7.92. The number of carbonyl (C=O) groups is 1. The Labute approximate surface area is 158 Å². The van der Waals surface area contributed by atoms with Gasteiger partial charge in [-0.3, -0.25) is 4.79 Å². The molecule has 26 heavy (non-hydrogen) atoms. The highest BCUT2D eigenvalue weighted by atomic mass is 16.2. The van der Waals surface area contributed by atoms with Crippen LogP contribution in [-0.2, 0) is 17.8 Å². The van der Waals surface area contributed by atoms with Gasteiger partial charge in [-0.2, -0.15) is 0 Å². The molecule has 1 aromatic rings. The molecule has 0 bridgehead atoms. The third-order valence-corrected chi connectivity index (χ3v) is 7.26. The van der Waals surface area contributed by atoms with Crippen LogP contribution in [0, 0.1) is 11.8 Å². The van der Waals surface area contributed by atoms with Gasteiger partial charge in [0, 0.05) is 31.7 Å². The fourth-order valence-corrected chi connectivity index (χ4v) is 5.45. The van der Waals surface area contributed by atoms with Crippen LogP contribution >= 0.6 is 0 Å². The van der Waals surface area contributed by atoms with Crippen molar-refractivity contribution in [2.75, 3.05) is 13.1 Å². The van der Waals surface area contributed by atoms with E-state index >= 15 is 0 Å². The van der Waals surface area contributed by atoms with Crippen LogP contribution in [0.4, 0.5) is 0 Å². The number of nitrogens with zero attached hydrogens (tertiary/aromatic N) is 2. The minimum atomic E-state index is 0.333. The van der Waals surface area contributed by atoms with E-state index in [1.807, 2.05) is 6.07 Å². The van der Waals surface area contributed by atoms with Crippen molar-refractivity contribution in [1.82, 2.24) is 9.80 Å². The first-order valence-electron chi connectivity index (χ1n) is 10.7. The van der Waals surface area contributed by atoms with Crippen LogP contribution in [0.25, 0.3) is 0 Å². The molecule has 2 fully saturated rings. The first-order chi connectivity index (χ1) is 12.6. The third-order valence-electron chi connectivity index (χ3n) is 7.26. The molecule has 0 atom stereocenters. The second-order valence-corrected chi connectivity index (χ2v) is 9.05. The number of amides is 1. The molecule has 1 saturated carbocycles. The average molecular weight is 355 g/mol. The lowest BCUT2D eigenvalue weighted by molar-refractivity contribution is -0.135. The molecule has 2 heterocycles. The number of likely N-dealkylation sites (tertiary alicyclic amines) is 1. The summed E-state index contributed by atoms with van der Waals surface area (Å²) in [5.41, 5.74) is 2.58. The summed E-state index contributed by atoms with van der Waals surface area (Å²) in [4.78, 5) is 17.6. The molecule has 3 heteroatoms. The molecule has 0 N–H and O–H groups in total. The fraction of sp³-hybridized carbons (Fsp3) is 0.696. The molecule has 3 aliphatic rings. The Kier molecular flexibility index (Phi) is 5.35. The van der Waals surface area contributed by atoms with Gasteiger partial charge >= 0.3 is 0 Å². The maximum absolute atomic E-state index is 12.7. The van der Waals surface area contributed by atoms with Gasteiger partial charge in [-0.05, 0) is 61.5 Å². The Morgan fingerprint density at radius 3 is 2.19 bits per heavy atom. The van der Waals surface area contributed by atoms with Crippen LogP contribution in [0.15, 0.2) is 24.3 Å². The summed E-state index contributed by atoms with van der Waals surface area (Å²) in [7, 11) is 0. The van der Waals surface area contributed by atoms with E-state index in [0.717, 1.165) is 37.3 Å². The van der Waals surface area contributed by atoms with E-state index in [-0.39, 0.29) is 0 Å². The zero-order valence-electron chi connectivity index (χ0n) is 16.5. The first-order valence-corrected chi connectivity index (χ1v) is 10.7. The molecule has 1 aromatic carbocycles. The minimum absolute atomic E-state index is 0.333. The second kappa shape index (κ2) is 7.72. The summed E-state index contributed by atoms with van der Waals surface area (Å²) >= 11 is 0. The molecule has 1 aliphatic carbocycles. The molecule has 0 unspecified atom stereocenters. The second-order valence-electron chi connectivity index (χ2n) is 9.05. The minimum Gasteiger partial charge on any atom is -0.335 e. The smallest absolute Gasteiger partial charge is 0.227 e. The van der Waals surface area contributed by atoms with Gasteiger partial charge in [0.2, 0.25) is 5.91 Å². The zero-order chi connectivity index (χ0) is 18.1. The van der Waals surface area contributed by atoms with Crippen LogP contribution in [0.1, 0.15) is 63.5 Å². The monoisotopic (exact) mass is 354 g/mol. The Morgan fingerprint density at radius 1 is 0.885 bits per heavy atom. The van der Waals surface area contributed by atoms with Crippen molar-refractivity contribution in [1.29, 1.82) is 0 Å². The molecular formula is C23H34N2O. The van der Waals surface area contributed by atoms with Crippen LogP contribution < -0.4 is 0 Å². The van der Waals surface area contributed by atoms with Crippen molar-refractivity contribution >= 4 is 5.91 Å². The maximum atomic E-state index is 12.7. The fourth-order valence-electron chi connectivity index (χ4n) is 5.45. The molecule has 4 rings (SSSR count). The number of hydrogen-bond donors (Lipinski definition) is 0. The highest BCUT2D eigenvalue weighted by Crippen LogP contribution is 2.34. The first kappa shape index (κ1) is 18.0. The summed E-state index contributed by atoms with van der Waals surface area (Å²) in [5, 5.41) is 0. The third kappa shape index (κ3) is 3.69. The summed E-state index contributed by atoms with van der Waals surface area (Å²) in [6, 6.07) is 9.69. The van der Waals surface area contributed by atoms with Crippen LogP contribution in [0.2, 0.25) is 0 Å².